The first kappa shape index (κ1) is 39.5. The van der Waals surface area contributed by atoms with Gasteiger partial charge >= 0.3 is 0 Å². The summed E-state index contributed by atoms with van der Waals surface area (Å²) >= 11 is 0. The second kappa shape index (κ2) is 15.6. The van der Waals surface area contributed by atoms with Gasteiger partial charge in [-0.25, -0.2) is 4.85 Å². The van der Waals surface area contributed by atoms with Crippen LogP contribution in [0.3, 0.4) is 0 Å². The van der Waals surface area contributed by atoms with Gasteiger partial charge in [0.25, 0.3) is 5.91 Å². The molecule has 3 saturated heterocycles. The Bertz CT molecular complexity index is 2480. The van der Waals surface area contributed by atoms with E-state index < -0.39 is 17.4 Å². The van der Waals surface area contributed by atoms with Crippen molar-refractivity contribution in [3.8, 4) is 0 Å². The van der Waals surface area contributed by atoms with Crippen LogP contribution >= 0.6 is 0 Å². The van der Waals surface area contributed by atoms with E-state index in [9.17, 15) is 24.0 Å². The van der Waals surface area contributed by atoms with Crippen LogP contribution in [0, 0.1) is 6.57 Å². The Morgan fingerprint density at radius 1 is 0.933 bits per heavy atom. The van der Waals surface area contributed by atoms with Gasteiger partial charge in [0, 0.05) is 116 Å². The molecule has 4 aromatic rings. The third kappa shape index (κ3) is 6.90. The second-order valence-corrected chi connectivity index (χ2v) is 17.5. The van der Waals surface area contributed by atoms with Gasteiger partial charge in [-0.1, -0.05) is 32.9 Å². The molecule has 1 atom stereocenters. The van der Waals surface area contributed by atoms with Gasteiger partial charge < -0.3 is 25.0 Å². The normalized spacial score (nSPS) is 20.5. The summed E-state index contributed by atoms with van der Waals surface area (Å²) < 4.78 is 0. The lowest BCUT2D eigenvalue weighted by molar-refractivity contribution is -0.137. The third-order valence-corrected chi connectivity index (χ3v) is 13.7. The average Bonchev–Trinajstić information content (AvgIpc) is 3.81. The summed E-state index contributed by atoms with van der Waals surface area (Å²) in [6.07, 6.45) is 4.64. The topological polar surface area (TPSA) is 143 Å². The molecule has 3 N–H and O–H groups in total. The molecule has 9 rings (SSSR count). The molecule has 13 heteroatoms. The number of hydrogen-bond acceptors (Lipinski definition) is 8. The van der Waals surface area contributed by atoms with E-state index in [4.69, 9.17) is 6.57 Å². The van der Waals surface area contributed by atoms with Crippen molar-refractivity contribution in [1.82, 2.24) is 25.0 Å². The number of aromatic nitrogens is 1. The van der Waals surface area contributed by atoms with Gasteiger partial charge in [-0.2, -0.15) is 0 Å². The molecule has 0 radical (unpaired) electrons. The minimum Gasteiger partial charge on any atom is -0.385 e. The van der Waals surface area contributed by atoms with Gasteiger partial charge in [-0.3, -0.25) is 34.2 Å². The maximum atomic E-state index is 14.1. The number of H-pyrrole nitrogens is 1. The molecule has 5 heterocycles. The van der Waals surface area contributed by atoms with E-state index in [1.54, 1.807) is 17.0 Å². The lowest BCUT2D eigenvalue weighted by atomic mass is 9.70. The Morgan fingerprint density at radius 3 is 2.45 bits per heavy atom. The number of rotatable bonds is 9. The van der Waals surface area contributed by atoms with Gasteiger partial charge in [-0.15, -0.1) is 0 Å². The van der Waals surface area contributed by atoms with E-state index in [1.807, 2.05) is 29.2 Å². The average molecular weight is 809 g/mol. The maximum absolute atomic E-state index is 14.1. The van der Waals surface area contributed by atoms with E-state index in [0.29, 0.717) is 49.6 Å². The number of anilines is 2. The van der Waals surface area contributed by atoms with Crippen molar-refractivity contribution in [3.05, 3.63) is 99.0 Å². The molecule has 310 valence electrons. The Labute approximate surface area is 350 Å². The number of benzene rings is 3. The number of amides is 4. The third-order valence-electron chi connectivity index (χ3n) is 13.7. The molecule has 1 aliphatic carbocycles. The molecular weight excluding hydrogens is 757 g/mol. The predicted octanol–water partition coefficient (Wildman–Crippen LogP) is 5.92. The van der Waals surface area contributed by atoms with Gasteiger partial charge in [0.15, 0.2) is 11.5 Å². The van der Waals surface area contributed by atoms with Crippen molar-refractivity contribution in [2.24, 2.45) is 0 Å². The van der Waals surface area contributed by atoms with Crippen molar-refractivity contribution in [2.75, 3.05) is 56.0 Å². The summed E-state index contributed by atoms with van der Waals surface area (Å²) in [6.45, 7) is 20.0. The van der Waals surface area contributed by atoms with Crippen molar-refractivity contribution in [2.45, 2.75) is 89.8 Å². The van der Waals surface area contributed by atoms with E-state index in [1.165, 1.54) is 11.3 Å². The smallest absolute Gasteiger partial charge is 0.255 e. The Kier molecular flexibility index (Phi) is 10.2. The number of aryl methyl sites for hydroxylation is 1. The van der Waals surface area contributed by atoms with Gasteiger partial charge in [0.2, 0.25) is 17.7 Å². The van der Waals surface area contributed by atoms with E-state index >= 15 is 0 Å². The Morgan fingerprint density at radius 2 is 1.72 bits per heavy atom. The summed E-state index contributed by atoms with van der Waals surface area (Å²) in [4.78, 5) is 80.1. The van der Waals surface area contributed by atoms with Crippen molar-refractivity contribution >= 4 is 57.4 Å². The van der Waals surface area contributed by atoms with Crippen LogP contribution in [0.15, 0.2) is 48.5 Å². The number of fused-ring (bicyclic) bond motifs is 5. The standard InChI is InChI=1S/C47H52N8O5/c1-5-28-24-35-36(47(2,3)44-42(43(35)58)34-11-8-30(48-4)25-37(34)50-44)26-39(28)53-17-14-32(15-18-53)52-19-21-54(22-20-52)41(57)7-6-16-49-31-9-10-33-29(23-31)27-55(46(33)60)38-12-13-40(56)51-45(38)59/h8-11,23-26,32,38,49-50H,5-7,12-22,27H2,1-3H3,(H,51,56,59). The molecule has 1 aromatic heterocycles. The van der Waals surface area contributed by atoms with Crippen molar-refractivity contribution in [3.63, 3.8) is 0 Å². The molecule has 13 nitrogen and oxygen atoms in total. The van der Waals surface area contributed by atoms with Crippen LogP contribution in [0.5, 0.6) is 0 Å². The van der Waals surface area contributed by atoms with E-state index in [-0.39, 0.29) is 29.9 Å². The van der Waals surface area contributed by atoms with Crippen LogP contribution in [0.25, 0.3) is 15.7 Å². The number of carbonyl (C=O) groups is 5. The fraction of sp³-hybridized carbons (Fsp3) is 0.447. The highest BCUT2D eigenvalue weighted by Gasteiger charge is 2.42. The van der Waals surface area contributed by atoms with Crippen LogP contribution in [-0.2, 0) is 32.8 Å². The zero-order valence-electron chi connectivity index (χ0n) is 34.7. The van der Waals surface area contributed by atoms with Crippen LogP contribution in [0.4, 0.5) is 17.1 Å². The Hall–Kier alpha value is -6.00. The highest BCUT2D eigenvalue weighted by Crippen LogP contribution is 2.46. The molecular formula is C47H52N8O5. The Balaban J connectivity index is 0.753. The van der Waals surface area contributed by atoms with Crippen LogP contribution in [0.1, 0.15) is 108 Å². The molecule has 4 amide bonds. The number of imide groups is 1. The van der Waals surface area contributed by atoms with Gasteiger partial charge in [0.05, 0.1) is 12.1 Å². The lowest BCUT2D eigenvalue weighted by Gasteiger charge is -2.44. The second-order valence-electron chi connectivity index (χ2n) is 17.5. The van der Waals surface area contributed by atoms with Gasteiger partial charge in [0.1, 0.15) is 6.04 Å². The molecule has 1 unspecified atom stereocenters. The molecule has 0 saturated carbocycles. The maximum Gasteiger partial charge on any atom is 0.255 e. The number of nitrogens with zero attached hydrogens (tertiary/aromatic N) is 5. The SMILES string of the molecule is [C-]#[N+]c1ccc2c3c([nH]c2c1)C(C)(C)c1cc(N2CCC(N4CCN(C(=O)CCCNc5ccc6c(c5)CN(C5CCC(=O)NC5=O)C6=O)CC4)CC2)c(CC)cc1C3=O. The first-order valence-electron chi connectivity index (χ1n) is 21.5. The minimum atomic E-state index is -0.636. The van der Waals surface area contributed by atoms with Crippen molar-refractivity contribution < 1.29 is 24.0 Å². The highest BCUT2D eigenvalue weighted by atomic mass is 16.2. The summed E-state index contributed by atoms with van der Waals surface area (Å²) in [7, 11) is 0. The number of hydrogen-bond donors (Lipinski definition) is 3. The number of aromatic amines is 1. The fourth-order valence-corrected chi connectivity index (χ4v) is 10.3. The molecule has 5 aliphatic rings. The molecule has 0 spiro atoms. The molecule has 4 aliphatic heterocycles. The minimum absolute atomic E-state index is 0.0489. The van der Waals surface area contributed by atoms with Crippen LogP contribution < -0.4 is 15.5 Å². The first-order chi connectivity index (χ1) is 28.9. The molecule has 0 bridgehead atoms. The zero-order chi connectivity index (χ0) is 41.9. The molecule has 60 heavy (non-hydrogen) atoms. The number of piperazine rings is 1. The fourth-order valence-electron chi connectivity index (χ4n) is 10.3. The lowest BCUT2D eigenvalue weighted by Crippen LogP contribution is -2.54. The summed E-state index contributed by atoms with van der Waals surface area (Å²) in [5, 5.41) is 6.62. The quantitative estimate of drug-likeness (QED) is 0.108. The number of carbonyl (C=O) groups excluding carboxylic acids is 5. The van der Waals surface area contributed by atoms with E-state index in [0.717, 1.165) is 103 Å². The molecule has 3 aromatic carbocycles. The van der Waals surface area contributed by atoms with Crippen LogP contribution in [-0.4, -0.2) is 107 Å². The summed E-state index contributed by atoms with van der Waals surface area (Å²) in [5.41, 5.74) is 9.15. The van der Waals surface area contributed by atoms with Gasteiger partial charge in [-0.05, 0) is 85.2 Å². The predicted molar refractivity (Wildman–Crippen MR) is 230 cm³/mol. The van der Waals surface area contributed by atoms with E-state index in [2.05, 4.69) is 63.2 Å². The van der Waals surface area contributed by atoms with Crippen molar-refractivity contribution in [1.29, 1.82) is 0 Å². The number of nitrogens with one attached hydrogen (secondary N) is 3. The summed E-state index contributed by atoms with van der Waals surface area (Å²) in [6, 6.07) is 15.4. The number of ketones is 1. The van der Waals surface area contributed by atoms with Crippen LogP contribution in [0.2, 0.25) is 0 Å². The number of piperidine rings is 2. The monoisotopic (exact) mass is 808 g/mol. The first-order valence-corrected chi connectivity index (χ1v) is 21.5. The molecule has 3 fully saturated rings. The zero-order valence-corrected chi connectivity index (χ0v) is 34.7. The largest absolute Gasteiger partial charge is 0.385 e. The highest BCUT2D eigenvalue weighted by molar-refractivity contribution is 6.20. The summed E-state index contributed by atoms with van der Waals surface area (Å²) in [5.74, 6) is -0.676.